The second-order valence-corrected chi connectivity index (χ2v) is 4.85. The lowest BCUT2D eigenvalue weighted by atomic mass is 9.87. The second kappa shape index (κ2) is 6.27. The third kappa shape index (κ3) is 4.14. The summed E-state index contributed by atoms with van der Waals surface area (Å²) in [6.45, 7) is 1.62. The van der Waals surface area contributed by atoms with Gasteiger partial charge in [-0.15, -0.1) is 0 Å². The fourth-order valence-corrected chi connectivity index (χ4v) is 1.43. The van der Waals surface area contributed by atoms with E-state index < -0.39 is 55.0 Å². The van der Waals surface area contributed by atoms with Gasteiger partial charge in [-0.2, -0.15) is 48.3 Å². The van der Waals surface area contributed by atoms with Crippen molar-refractivity contribution in [1.29, 1.82) is 0 Å². The Labute approximate surface area is 131 Å². The first-order valence-corrected chi connectivity index (χ1v) is 5.78. The van der Waals surface area contributed by atoms with Gasteiger partial charge in [-0.05, 0) is 6.92 Å². The van der Waals surface area contributed by atoms with E-state index in [0.717, 1.165) is 0 Å². The number of halogens is 12. The number of hydrogen-bond acceptors (Lipinski definition) is 2. The maximum absolute atomic E-state index is 13.5. The molecule has 0 heterocycles. The van der Waals surface area contributed by atoms with Crippen molar-refractivity contribution < 1.29 is 62.2 Å². The first-order chi connectivity index (χ1) is 10.7. The molecule has 0 aliphatic heterocycles. The molecule has 0 aromatic heterocycles. The SMILES string of the molecule is C=CC(=O)OC(F)(F)C(F)(F)C(F)(F)C(F)(F)C(C)(F)CC(F)(F)F. The first-order valence-electron chi connectivity index (χ1n) is 5.78. The second-order valence-electron chi connectivity index (χ2n) is 4.85. The zero-order chi connectivity index (χ0) is 20.7. The van der Waals surface area contributed by atoms with Crippen molar-refractivity contribution in [3.05, 3.63) is 12.7 Å². The van der Waals surface area contributed by atoms with Gasteiger partial charge in [-0.1, -0.05) is 6.58 Å². The van der Waals surface area contributed by atoms with Crippen molar-refractivity contribution in [2.45, 2.75) is 49.1 Å². The molecule has 2 nitrogen and oxygen atoms in total. The maximum Gasteiger partial charge on any atom is 0.473 e. The zero-order valence-corrected chi connectivity index (χ0v) is 11.8. The fourth-order valence-electron chi connectivity index (χ4n) is 1.43. The molecule has 0 amide bonds. The van der Waals surface area contributed by atoms with Gasteiger partial charge in [0, 0.05) is 6.08 Å². The van der Waals surface area contributed by atoms with Crippen LogP contribution in [0.3, 0.4) is 0 Å². The Morgan fingerprint density at radius 1 is 0.840 bits per heavy atom. The van der Waals surface area contributed by atoms with Crippen LogP contribution in [0.1, 0.15) is 13.3 Å². The lowest BCUT2D eigenvalue weighted by Crippen LogP contribution is -2.68. The Morgan fingerprint density at radius 3 is 1.56 bits per heavy atom. The van der Waals surface area contributed by atoms with Gasteiger partial charge in [0.25, 0.3) is 0 Å². The van der Waals surface area contributed by atoms with Crippen LogP contribution in [0.5, 0.6) is 0 Å². The highest BCUT2D eigenvalue weighted by atomic mass is 19.4. The van der Waals surface area contributed by atoms with Gasteiger partial charge in [0.2, 0.25) is 0 Å². The molecule has 0 N–H and O–H groups in total. The van der Waals surface area contributed by atoms with Crippen molar-refractivity contribution in [3.8, 4) is 0 Å². The number of esters is 1. The summed E-state index contributed by atoms with van der Waals surface area (Å²) in [6.07, 6.45) is -16.1. The minimum Gasteiger partial charge on any atom is -0.393 e. The molecule has 0 rings (SSSR count). The van der Waals surface area contributed by atoms with Crippen molar-refractivity contribution in [3.63, 3.8) is 0 Å². The molecule has 0 spiro atoms. The quantitative estimate of drug-likeness (QED) is 0.346. The summed E-state index contributed by atoms with van der Waals surface area (Å²) in [5.74, 6) is -24.0. The van der Waals surface area contributed by atoms with Gasteiger partial charge >= 0.3 is 36.0 Å². The maximum atomic E-state index is 13.5. The van der Waals surface area contributed by atoms with Crippen LogP contribution in [-0.4, -0.2) is 41.7 Å². The third-order valence-electron chi connectivity index (χ3n) is 2.74. The Kier molecular flexibility index (Phi) is 5.86. The predicted octanol–water partition coefficient (Wildman–Crippen LogP) is 4.89. The number of rotatable bonds is 7. The van der Waals surface area contributed by atoms with Crippen LogP contribution in [0.2, 0.25) is 0 Å². The summed E-state index contributed by atoms with van der Waals surface area (Å²) in [4.78, 5) is 10.4. The summed E-state index contributed by atoms with van der Waals surface area (Å²) in [6, 6.07) is 0. The molecule has 0 aromatic carbocycles. The standard InChI is InChI=1S/C11H8F12O2/c1-3-5(24)25-11(22,23)10(20,21)9(18,19)8(16,17)6(2,12)4-7(13,14)15/h3H,1,4H2,2H3. The van der Waals surface area contributed by atoms with E-state index in [-0.39, 0.29) is 6.08 Å². The number of hydrogen-bond donors (Lipinski definition) is 0. The van der Waals surface area contributed by atoms with Crippen LogP contribution >= 0.6 is 0 Å². The lowest BCUT2D eigenvalue weighted by Gasteiger charge is -2.40. The largest absolute Gasteiger partial charge is 0.473 e. The van der Waals surface area contributed by atoms with Gasteiger partial charge in [0.15, 0.2) is 5.67 Å². The topological polar surface area (TPSA) is 26.3 Å². The highest BCUT2D eigenvalue weighted by Crippen LogP contribution is 2.58. The molecular weight excluding hydrogens is 392 g/mol. The van der Waals surface area contributed by atoms with Gasteiger partial charge < -0.3 is 4.74 Å². The van der Waals surface area contributed by atoms with Crippen LogP contribution in [0.4, 0.5) is 52.7 Å². The van der Waals surface area contributed by atoms with E-state index in [0.29, 0.717) is 0 Å². The normalized spacial score (nSPS) is 17.0. The Balaban J connectivity index is 6.07. The predicted molar refractivity (Wildman–Crippen MR) is 56.3 cm³/mol. The van der Waals surface area contributed by atoms with Crippen molar-refractivity contribution in [2.24, 2.45) is 0 Å². The van der Waals surface area contributed by atoms with Gasteiger partial charge in [0.05, 0.1) is 6.42 Å². The molecule has 0 aliphatic carbocycles. The van der Waals surface area contributed by atoms with Crippen LogP contribution in [0, 0.1) is 0 Å². The third-order valence-corrected chi connectivity index (χ3v) is 2.74. The number of carbonyl (C=O) groups excluding carboxylic acids is 1. The van der Waals surface area contributed by atoms with Crippen molar-refractivity contribution in [2.75, 3.05) is 0 Å². The van der Waals surface area contributed by atoms with Crippen LogP contribution < -0.4 is 0 Å². The Hall–Kier alpha value is -1.63. The number of ether oxygens (including phenoxy) is 1. The van der Waals surface area contributed by atoms with Crippen LogP contribution in [0.25, 0.3) is 0 Å². The molecule has 0 saturated carbocycles. The summed E-state index contributed by atoms with van der Waals surface area (Å²) in [5.41, 5.74) is -5.41. The Morgan fingerprint density at radius 2 is 1.24 bits per heavy atom. The highest BCUT2D eigenvalue weighted by molar-refractivity contribution is 5.81. The van der Waals surface area contributed by atoms with Gasteiger partial charge in [-0.3, -0.25) is 0 Å². The molecule has 0 radical (unpaired) electrons. The summed E-state index contributed by atoms with van der Waals surface area (Å²) in [7, 11) is 0. The molecule has 0 bridgehead atoms. The number of alkyl halides is 12. The number of carbonyl (C=O) groups is 1. The van der Waals surface area contributed by atoms with Crippen molar-refractivity contribution >= 4 is 5.97 Å². The molecule has 14 heteroatoms. The molecule has 0 aliphatic rings. The van der Waals surface area contributed by atoms with E-state index in [1.54, 1.807) is 0 Å². The fraction of sp³-hybridized carbons (Fsp3) is 0.727. The molecule has 148 valence electrons. The van der Waals surface area contributed by atoms with E-state index in [4.69, 9.17) is 0 Å². The van der Waals surface area contributed by atoms with E-state index in [1.807, 2.05) is 0 Å². The average molecular weight is 400 g/mol. The summed E-state index contributed by atoms with van der Waals surface area (Å²) < 4.78 is 158. The average Bonchev–Trinajstić information content (AvgIpc) is 2.34. The summed E-state index contributed by atoms with van der Waals surface area (Å²) in [5, 5.41) is 0. The monoisotopic (exact) mass is 400 g/mol. The first kappa shape index (κ1) is 23.4. The molecular formula is C11H8F12O2. The molecule has 0 aromatic rings. The van der Waals surface area contributed by atoms with Crippen LogP contribution in [0.15, 0.2) is 12.7 Å². The minimum absolute atomic E-state index is 0.219. The van der Waals surface area contributed by atoms with Crippen LogP contribution in [-0.2, 0) is 9.53 Å². The Bertz CT molecular complexity index is 520. The van der Waals surface area contributed by atoms with Gasteiger partial charge in [0.1, 0.15) is 0 Å². The van der Waals surface area contributed by atoms with E-state index in [1.165, 1.54) is 0 Å². The molecule has 25 heavy (non-hydrogen) atoms. The smallest absolute Gasteiger partial charge is 0.393 e. The molecule has 0 fully saturated rings. The lowest BCUT2D eigenvalue weighted by molar-refractivity contribution is -0.429. The van der Waals surface area contributed by atoms with E-state index in [2.05, 4.69) is 11.3 Å². The van der Waals surface area contributed by atoms with E-state index >= 15 is 0 Å². The minimum atomic E-state index is -7.39. The molecule has 0 saturated heterocycles. The summed E-state index contributed by atoms with van der Waals surface area (Å²) >= 11 is 0. The molecule has 1 atom stereocenters. The van der Waals surface area contributed by atoms with E-state index in [9.17, 15) is 57.5 Å². The van der Waals surface area contributed by atoms with Gasteiger partial charge in [-0.25, -0.2) is 9.18 Å². The highest BCUT2D eigenvalue weighted by Gasteiger charge is 2.86. The molecule has 1 unspecified atom stereocenters. The zero-order valence-electron chi connectivity index (χ0n) is 11.8. The van der Waals surface area contributed by atoms with Crippen molar-refractivity contribution in [1.82, 2.24) is 0 Å².